The minimum atomic E-state index is -1.04. The third-order valence-electron chi connectivity index (χ3n) is 3.38. The predicted molar refractivity (Wildman–Crippen MR) is 86.9 cm³/mol. The second kappa shape index (κ2) is 6.89. The number of aliphatic carboxylic acids is 1. The van der Waals surface area contributed by atoms with E-state index in [4.69, 9.17) is 0 Å². The van der Waals surface area contributed by atoms with Gasteiger partial charge in [0.05, 0.1) is 0 Å². The average molecular weight is 297 g/mol. The van der Waals surface area contributed by atoms with Gasteiger partial charge in [-0.15, -0.1) is 0 Å². The molecule has 2 aromatic carbocycles. The lowest BCUT2D eigenvalue weighted by Crippen LogP contribution is -2.40. The number of carboxylic acids is 1. The van der Waals surface area contributed by atoms with Crippen molar-refractivity contribution in [2.24, 2.45) is 0 Å². The molecule has 114 valence electrons. The second-order valence-electron chi connectivity index (χ2n) is 5.44. The number of rotatable bonds is 5. The van der Waals surface area contributed by atoms with E-state index in [-0.39, 0.29) is 12.3 Å². The molecule has 0 aliphatic carbocycles. The van der Waals surface area contributed by atoms with Crippen LogP contribution in [0, 0.1) is 0 Å². The second-order valence-corrected chi connectivity index (χ2v) is 5.44. The van der Waals surface area contributed by atoms with E-state index in [1.54, 1.807) is 18.2 Å². The molecular formula is C18H19NO3. The zero-order valence-electron chi connectivity index (χ0n) is 12.7. The van der Waals surface area contributed by atoms with Gasteiger partial charge in [0, 0.05) is 5.56 Å². The monoisotopic (exact) mass is 297 g/mol. The Morgan fingerprint density at radius 3 is 2.45 bits per heavy atom. The summed E-state index contributed by atoms with van der Waals surface area (Å²) in [6.07, 6.45) is 2.08. The molecule has 2 rings (SSSR count). The molecule has 1 atom stereocenters. The largest absolute Gasteiger partial charge is 0.480 e. The van der Waals surface area contributed by atoms with Crippen LogP contribution in [0.1, 0.15) is 30.6 Å². The number of hydrogen-bond donors (Lipinski definition) is 2. The van der Waals surface area contributed by atoms with Gasteiger partial charge in [0.2, 0.25) is 0 Å². The fraction of sp³-hybridized carbons (Fsp3) is 0.222. The molecule has 2 aromatic rings. The van der Waals surface area contributed by atoms with Crippen molar-refractivity contribution in [3.05, 3.63) is 59.7 Å². The molecule has 4 nitrogen and oxygen atoms in total. The van der Waals surface area contributed by atoms with Gasteiger partial charge >= 0.3 is 5.97 Å². The van der Waals surface area contributed by atoms with Crippen molar-refractivity contribution in [2.45, 2.75) is 26.3 Å². The van der Waals surface area contributed by atoms with E-state index in [0.717, 1.165) is 16.3 Å². The van der Waals surface area contributed by atoms with Crippen molar-refractivity contribution in [2.75, 3.05) is 0 Å². The van der Waals surface area contributed by atoms with E-state index in [2.05, 4.69) is 5.32 Å². The quantitative estimate of drug-likeness (QED) is 0.831. The molecule has 0 heterocycles. The highest BCUT2D eigenvalue weighted by molar-refractivity contribution is 6.00. The fourth-order valence-corrected chi connectivity index (χ4v) is 2.15. The topological polar surface area (TPSA) is 66.4 Å². The highest BCUT2D eigenvalue weighted by Gasteiger charge is 2.19. The van der Waals surface area contributed by atoms with Crippen LogP contribution in [0.4, 0.5) is 0 Å². The Balaban J connectivity index is 2.17. The van der Waals surface area contributed by atoms with Crippen molar-refractivity contribution >= 4 is 22.6 Å². The molecule has 4 heteroatoms. The van der Waals surface area contributed by atoms with E-state index in [9.17, 15) is 14.7 Å². The molecule has 0 bridgehead atoms. The Labute approximate surface area is 129 Å². The first kappa shape index (κ1) is 15.8. The molecule has 0 radical (unpaired) electrons. The van der Waals surface area contributed by atoms with Crippen LogP contribution in [-0.2, 0) is 4.79 Å². The van der Waals surface area contributed by atoms with Crippen LogP contribution in [0.5, 0.6) is 0 Å². The van der Waals surface area contributed by atoms with Gasteiger partial charge < -0.3 is 10.4 Å². The number of carbonyl (C=O) groups excluding carboxylic acids is 1. The Morgan fingerprint density at radius 2 is 1.82 bits per heavy atom. The van der Waals surface area contributed by atoms with Crippen molar-refractivity contribution in [3.8, 4) is 0 Å². The maximum Gasteiger partial charge on any atom is 0.326 e. The van der Waals surface area contributed by atoms with Gasteiger partial charge in [-0.2, -0.15) is 0 Å². The molecule has 0 fully saturated rings. The average Bonchev–Trinajstić information content (AvgIpc) is 2.50. The first-order valence-corrected chi connectivity index (χ1v) is 7.13. The Hall–Kier alpha value is -2.62. The summed E-state index contributed by atoms with van der Waals surface area (Å²) in [4.78, 5) is 23.5. The molecule has 0 aliphatic rings. The summed E-state index contributed by atoms with van der Waals surface area (Å²) >= 11 is 0. The highest BCUT2D eigenvalue weighted by atomic mass is 16.4. The summed E-state index contributed by atoms with van der Waals surface area (Å²) in [5.74, 6) is -1.41. The first-order chi connectivity index (χ1) is 10.5. The van der Waals surface area contributed by atoms with Crippen LogP contribution in [-0.4, -0.2) is 23.0 Å². The van der Waals surface area contributed by atoms with Crippen LogP contribution in [0.25, 0.3) is 10.8 Å². The van der Waals surface area contributed by atoms with Gasteiger partial charge in [-0.3, -0.25) is 4.79 Å². The van der Waals surface area contributed by atoms with E-state index in [0.29, 0.717) is 5.56 Å². The number of carboxylic acid groups (broad SMARTS) is 1. The molecule has 0 aliphatic heterocycles. The third kappa shape index (κ3) is 3.95. The first-order valence-electron chi connectivity index (χ1n) is 7.13. The number of fused-ring (bicyclic) bond motifs is 1. The number of hydrogen-bond acceptors (Lipinski definition) is 2. The van der Waals surface area contributed by atoms with Crippen LogP contribution >= 0.6 is 0 Å². The summed E-state index contributed by atoms with van der Waals surface area (Å²) < 4.78 is 0. The standard InChI is InChI=1S/C18H19NO3/c1-12(2)7-10-16(18(21)22)19-17(20)15-9-8-13-5-3-4-6-14(13)11-15/h3-9,11,16H,10H2,1-2H3,(H,19,20)(H,21,22)/t16-/m0/s1. The third-order valence-corrected chi connectivity index (χ3v) is 3.38. The Morgan fingerprint density at radius 1 is 1.14 bits per heavy atom. The molecular weight excluding hydrogens is 278 g/mol. The van der Waals surface area contributed by atoms with Crippen molar-refractivity contribution in [3.63, 3.8) is 0 Å². The smallest absolute Gasteiger partial charge is 0.326 e. The maximum atomic E-state index is 12.3. The molecule has 22 heavy (non-hydrogen) atoms. The summed E-state index contributed by atoms with van der Waals surface area (Å²) in [5, 5.41) is 13.8. The number of benzene rings is 2. The number of amides is 1. The zero-order chi connectivity index (χ0) is 16.1. The SMILES string of the molecule is CC(C)=CC[C@H](NC(=O)c1ccc2ccccc2c1)C(=O)O. The van der Waals surface area contributed by atoms with Gasteiger partial charge in [-0.05, 0) is 43.2 Å². The minimum Gasteiger partial charge on any atom is -0.480 e. The highest BCUT2D eigenvalue weighted by Crippen LogP contribution is 2.15. The number of nitrogens with one attached hydrogen (secondary N) is 1. The molecule has 0 unspecified atom stereocenters. The lowest BCUT2D eigenvalue weighted by molar-refractivity contribution is -0.139. The molecule has 0 aromatic heterocycles. The summed E-state index contributed by atoms with van der Waals surface area (Å²) in [6.45, 7) is 3.79. The Bertz CT molecular complexity index is 730. The molecule has 0 saturated heterocycles. The molecule has 0 spiro atoms. The van der Waals surface area contributed by atoms with E-state index in [1.807, 2.05) is 44.2 Å². The predicted octanol–water partition coefficient (Wildman–Crippen LogP) is 3.38. The van der Waals surface area contributed by atoms with E-state index < -0.39 is 12.0 Å². The van der Waals surface area contributed by atoms with Gasteiger partial charge in [-0.25, -0.2) is 4.79 Å². The number of carbonyl (C=O) groups is 2. The molecule has 1 amide bonds. The van der Waals surface area contributed by atoms with Gasteiger partial charge in [-0.1, -0.05) is 42.0 Å². The van der Waals surface area contributed by atoms with E-state index >= 15 is 0 Å². The summed E-state index contributed by atoms with van der Waals surface area (Å²) in [6, 6.07) is 12.1. The van der Waals surface area contributed by atoms with Crippen LogP contribution in [0.15, 0.2) is 54.1 Å². The fourth-order valence-electron chi connectivity index (χ4n) is 2.15. The van der Waals surface area contributed by atoms with Crippen molar-refractivity contribution in [1.82, 2.24) is 5.32 Å². The van der Waals surface area contributed by atoms with E-state index in [1.165, 1.54) is 0 Å². The number of allylic oxidation sites excluding steroid dienone is 1. The summed E-state index contributed by atoms with van der Waals surface area (Å²) in [7, 11) is 0. The van der Waals surface area contributed by atoms with Gasteiger partial charge in [0.15, 0.2) is 0 Å². The van der Waals surface area contributed by atoms with Crippen LogP contribution < -0.4 is 5.32 Å². The normalized spacial score (nSPS) is 11.7. The van der Waals surface area contributed by atoms with Crippen molar-refractivity contribution in [1.29, 1.82) is 0 Å². The molecule has 2 N–H and O–H groups in total. The lowest BCUT2D eigenvalue weighted by Gasteiger charge is -2.13. The maximum absolute atomic E-state index is 12.3. The van der Waals surface area contributed by atoms with Crippen molar-refractivity contribution < 1.29 is 14.7 Å². The van der Waals surface area contributed by atoms with Gasteiger partial charge in [0.1, 0.15) is 6.04 Å². The van der Waals surface area contributed by atoms with Crippen LogP contribution in [0.2, 0.25) is 0 Å². The Kier molecular flexibility index (Phi) is 4.94. The summed E-state index contributed by atoms with van der Waals surface area (Å²) in [5.41, 5.74) is 1.48. The minimum absolute atomic E-state index is 0.275. The zero-order valence-corrected chi connectivity index (χ0v) is 12.7. The van der Waals surface area contributed by atoms with Crippen LogP contribution in [0.3, 0.4) is 0 Å². The van der Waals surface area contributed by atoms with Gasteiger partial charge in [0.25, 0.3) is 5.91 Å². The lowest BCUT2D eigenvalue weighted by atomic mass is 10.1. The molecule has 0 saturated carbocycles.